The van der Waals surface area contributed by atoms with Gasteiger partial charge in [0.25, 0.3) is 0 Å². The molecule has 0 spiro atoms. The number of nitrogens with zero attached hydrogens (tertiary/aromatic N) is 5. The number of anilines is 1. The molecule has 2 aliphatic heterocycles. The Morgan fingerprint density at radius 2 is 1.86 bits per heavy atom. The molecule has 2 aromatic rings. The van der Waals surface area contributed by atoms with E-state index in [1.807, 2.05) is 0 Å². The highest BCUT2D eigenvalue weighted by molar-refractivity contribution is 5.81. The van der Waals surface area contributed by atoms with Gasteiger partial charge in [-0.3, -0.25) is 14.1 Å². The molecule has 0 N–H and O–H groups in total. The summed E-state index contributed by atoms with van der Waals surface area (Å²) in [6.45, 7) is 6.08. The summed E-state index contributed by atoms with van der Waals surface area (Å²) < 4.78 is 2.28. The number of carbonyl (C=O) groups excluding carboxylic acids is 1. The molecule has 4 heterocycles. The standard InChI is InChI=1S/C23H31N5O/c29-23(18-8-9-18)27-13-12-26(14-17-6-7-17)20(16-27)19-15-28-21(24-19)4-3-5-22(28)25-10-1-2-11-25/h3-5,15,17-18,20H,1-2,6-14,16H2. The number of fused-ring (bicyclic) bond motifs is 1. The van der Waals surface area contributed by atoms with Crippen molar-refractivity contribution in [2.75, 3.05) is 44.2 Å². The van der Waals surface area contributed by atoms with Crippen LogP contribution in [0.15, 0.2) is 24.4 Å². The predicted molar refractivity (Wildman–Crippen MR) is 113 cm³/mol. The van der Waals surface area contributed by atoms with Gasteiger partial charge in [-0.25, -0.2) is 4.98 Å². The van der Waals surface area contributed by atoms with Gasteiger partial charge in [0.15, 0.2) is 0 Å². The molecule has 0 aromatic carbocycles. The highest BCUT2D eigenvalue weighted by Gasteiger charge is 2.39. The Bertz CT molecular complexity index is 909. The van der Waals surface area contributed by atoms with Gasteiger partial charge in [0.05, 0.1) is 11.7 Å². The molecule has 6 nitrogen and oxygen atoms in total. The van der Waals surface area contributed by atoms with Gasteiger partial charge < -0.3 is 9.80 Å². The molecule has 0 bridgehead atoms. The molecule has 4 aliphatic rings. The van der Waals surface area contributed by atoms with Crippen LogP contribution in [0.4, 0.5) is 5.82 Å². The lowest BCUT2D eigenvalue weighted by Gasteiger charge is -2.41. The first-order chi connectivity index (χ1) is 14.3. The number of hydrogen-bond acceptors (Lipinski definition) is 4. The molecule has 1 atom stereocenters. The van der Waals surface area contributed by atoms with Crippen LogP contribution in [0.3, 0.4) is 0 Å². The summed E-state index contributed by atoms with van der Waals surface area (Å²) >= 11 is 0. The molecular formula is C23H31N5O. The van der Waals surface area contributed by atoms with Gasteiger partial charge in [-0.05, 0) is 56.6 Å². The van der Waals surface area contributed by atoms with E-state index in [2.05, 4.69) is 43.5 Å². The molecule has 6 rings (SSSR count). The van der Waals surface area contributed by atoms with Crippen LogP contribution >= 0.6 is 0 Å². The molecule has 0 radical (unpaired) electrons. The fourth-order valence-corrected chi connectivity index (χ4v) is 5.12. The summed E-state index contributed by atoms with van der Waals surface area (Å²) in [6, 6.07) is 6.68. The fraction of sp³-hybridized carbons (Fsp3) is 0.652. The van der Waals surface area contributed by atoms with Crippen molar-refractivity contribution in [3.63, 3.8) is 0 Å². The largest absolute Gasteiger partial charge is 0.358 e. The summed E-state index contributed by atoms with van der Waals surface area (Å²) in [4.78, 5) is 25.0. The zero-order valence-electron chi connectivity index (χ0n) is 17.2. The first-order valence-electron chi connectivity index (χ1n) is 11.5. The van der Waals surface area contributed by atoms with E-state index in [0.717, 1.165) is 69.4 Å². The van der Waals surface area contributed by atoms with E-state index in [-0.39, 0.29) is 6.04 Å². The lowest BCUT2D eigenvalue weighted by molar-refractivity contribution is -0.135. The third-order valence-electron chi connectivity index (χ3n) is 7.18. The predicted octanol–water partition coefficient (Wildman–Crippen LogP) is 2.94. The van der Waals surface area contributed by atoms with Gasteiger partial charge >= 0.3 is 0 Å². The van der Waals surface area contributed by atoms with Crippen LogP contribution in [-0.2, 0) is 4.79 Å². The van der Waals surface area contributed by atoms with E-state index in [4.69, 9.17) is 4.98 Å². The van der Waals surface area contributed by atoms with Crippen molar-refractivity contribution in [3.05, 3.63) is 30.1 Å². The molecule has 4 fully saturated rings. The lowest BCUT2D eigenvalue weighted by atomic mass is 10.1. The second-order valence-electron chi connectivity index (χ2n) is 9.48. The van der Waals surface area contributed by atoms with E-state index in [0.29, 0.717) is 11.8 Å². The quantitative estimate of drug-likeness (QED) is 0.784. The Hall–Kier alpha value is -2.08. The molecule has 2 saturated carbocycles. The maximum atomic E-state index is 12.8. The Morgan fingerprint density at radius 3 is 2.62 bits per heavy atom. The van der Waals surface area contributed by atoms with Crippen LogP contribution in [-0.4, -0.2) is 64.4 Å². The number of piperazine rings is 1. The monoisotopic (exact) mass is 393 g/mol. The summed E-state index contributed by atoms with van der Waals surface area (Å²) in [7, 11) is 0. The van der Waals surface area contributed by atoms with Gasteiger partial charge in [0.1, 0.15) is 11.5 Å². The number of aromatic nitrogens is 2. The number of hydrogen-bond donors (Lipinski definition) is 0. The van der Waals surface area contributed by atoms with Gasteiger partial charge in [-0.2, -0.15) is 0 Å². The van der Waals surface area contributed by atoms with Gasteiger partial charge in [0.2, 0.25) is 5.91 Å². The van der Waals surface area contributed by atoms with Crippen molar-refractivity contribution in [1.82, 2.24) is 19.2 Å². The molecule has 2 aromatic heterocycles. The van der Waals surface area contributed by atoms with Crippen LogP contribution in [0.2, 0.25) is 0 Å². The topological polar surface area (TPSA) is 44.1 Å². The Morgan fingerprint density at radius 1 is 1.03 bits per heavy atom. The number of imidazole rings is 1. The van der Waals surface area contributed by atoms with Crippen molar-refractivity contribution < 1.29 is 4.79 Å². The SMILES string of the molecule is O=C(C1CC1)N1CCN(CC2CC2)C(c2cn3c(N4CCCC4)cccc3n2)C1. The first-order valence-corrected chi connectivity index (χ1v) is 11.5. The molecule has 6 heteroatoms. The van der Waals surface area contributed by atoms with E-state index >= 15 is 0 Å². The van der Waals surface area contributed by atoms with Gasteiger partial charge in [-0.15, -0.1) is 0 Å². The Balaban J connectivity index is 1.32. The number of pyridine rings is 1. The Kier molecular flexibility index (Phi) is 4.29. The maximum Gasteiger partial charge on any atom is 0.225 e. The highest BCUT2D eigenvalue weighted by Crippen LogP contribution is 2.37. The highest BCUT2D eigenvalue weighted by atomic mass is 16.2. The van der Waals surface area contributed by atoms with Crippen molar-refractivity contribution in [2.24, 2.45) is 11.8 Å². The average molecular weight is 394 g/mol. The molecule has 1 amide bonds. The Labute approximate surface area is 172 Å². The number of carbonyl (C=O) groups is 1. The van der Waals surface area contributed by atoms with Crippen molar-refractivity contribution >= 4 is 17.4 Å². The average Bonchev–Trinajstić information content (AvgIpc) is 3.65. The minimum Gasteiger partial charge on any atom is -0.358 e. The summed E-state index contributed by atoms with van der Waals surface area (Å²) in [5.74, 6) is 2.78. The van der Waals surface area contributed by atoms with Crippen LogP contribution in [0, 0.1) is 11.8 Å². The molecule has 2 saturated heterocycles. The second kappa shape index (κ2) is 7.01. The van der Waals surface area contributed by atoms with E-state index in [1.54, 1.807) is 0 Å². The third kappa shape index (κ3) is 3.41. The smallest absolute Gasteiger partial charge is 0.225 e. The van der Waals surface area contributed by atoms with Crippen LogP contribution in [0.5, 0.6) is 0 Å². The number of amides is 1. The van der Waals surface area contributed by atoms with E-state index in [9.17, 15) is 4.79 Å². The summed E-state index contributed by atoms with van der Waals surface area (Å²) in [5, 5.41) is 0. The molecule has 1 unspecified atom stereocenters. The minimum absolute atomic E-state index is 0.221. The molecule has 2 aliphatic carbocycles. The van der Waals surface area contributed by atoms with Gasteiger partial charge in [-0.1, -0.05) is 6.07 Å². The summed E-state index contributed by atoms with van der Waals surface area (Å²) in [5.41, 5.74) is 2.16. The van der Waals surface area contributed by atoms with E-state index in [1.165, 1.54) is 31.5 Å². The van der Waals surface area contributed by atoms with E-state index < -0.39 is 0 Å². The number of rotatable bonds is 5. The lowest BCUT2D eigenvalue weighted by Crippen LogP contribution is -2.51. The third-order valence-corrected chi connectivity index (χ3v) is 7.18. The second-order valence-corrected chi connectivity index (χ2v) is 9.48. The maximum absolute atomic E-state index is 12.8. The van der Waals surface area contributed by atoms with Crippen LogP contribution in [0.1, 0.15) is 50.3 Å². The molecule has 154 valence electrons. The zero-order chi connectivity index (χ0) is 19.4. The van der Waals surface area contributed by atoms with Crippen molar-refractivity contribution in [1.29, 1.82) is 0 Å². The summed E-state index contributed by atoms with van der Waals surface area (Å²) in [6.07, 6.45) is 9.68. The zero-order valence-corrected chi connectivity index (χ0v) is 17.2. The fourth-order valence-electron chi connectivity index (χ4n) is 5.12. The van der Waals surface area contributed by atoms with Crippen LogP contribution in [0.25, 0.3) is 5.65 Å². The first kappa shape index (κ1) is 17.8. The minimum atomic E-state index is 0.221. The van der Waals surface area contributed by atoms with Crippen molar-refractivity contribution in [2.45, 2.75) is 44.6 Å². The van der Waals surface area contributed by atoms with Crippen molar-refractivity contribution in [3.8, 4) is 0 Å². The molecular weight excluding hydrogens is 362 g/mol. The molecule has 29 heavy (non-hydrogen) atoms. The van der Waals surface area contributed by atoms with Crippen LogP contribution < -0.4 is 4.90 Å². The normalized spacial score (nSPS) is 25.9. The van der Waals surface area contributed by atoms with Gasteiger partial charge in [0, 0.05) is 51.4 Å².